The van der Waals surface area contributed by atoms with Gasteiger partial charge in [0.05, 0.1) is 12.7 Å². The second kappa shape index (κ2) is 5.16. The zero-order valence-corrected chi connectivity index (χ0v) is 9.85. The van der Waals surface area contributed by atoms with Gasteiger partial charge in [-0.1, -0.05) is 12.1 Å². The quantitative estimate of drug-likeness (QED) is 0.799. The molecular weight excluding hydrogens is 218 g/mol. The van der Waals surface area contributed by atoms with Gasteiger partial charge in [0.1, 0.15) is 0 Å². The standard InChI is InChI=1S/C12H17N3O2/c1-15(12(13)16)10-4-2-9(3-5-10)11-8-14-6-7-17-11/h2-5,11,14H,6-8H2,1H3,(H2,13,16). The van der Waals surface area contributed by atoms with Crippen LogP contribution in [0.15, 0.2) is 24.3 Å². The minimum absolute atomic E-state index is 0.0942. The second-order valence-electron chi connectivity index (χ2n) is 4.05. The van der Waals surface area contributed by atoms with Crippen LogP contribution < -0.4 is 16.0 Å². The van der Waals surface area contributed by atoms with Crippen LogP contribution in [0.1, 0.15) is 11.7 Å². The molecule has 1 aliphatic rings. The predicted molar refractivity (Wildman–Crippen MR) is 66.0 cm³/mol. The van der Waals surface area contributed by atoms with E-state index in [9.17, 15) is 4.79 Å². The Labute approximate surface area is 101 Å². The van der Waals surface area contributed by atoms with Crippen LogP contribution >= 0.6 is 0 Å². The lowest BCUT2D eigenvalue weighted by Gasteiger charge is -2.24. The molecular formula is C12H17N3O2. The van der Waals surface area contributed by atoms with Gasteiger partial charge in [-0.3, -0.25) is 4.90 Å². The van der Waals surface area contributed by atoms with Crippen molar-refractivity contribution >= 4 is 11.7 Å². The molecule has 1 heterocycles. The van der Waals surface area contributed by atoms with Gasteiger partial charge in [0, 0.05) is 25.8 Å². The summed E-state index contributed by atoms with van der Waals surface area (Å²) in [5, 5.41) is 3.28. The fourth-order valence-corrected chi connectivity index (χ4v) is 1.82. The summed E-state index contributed by atoms with van der Waals surface area (Å²) >= 11 is 0. The van der Waals surface area contributed by atoms with Gasteiger partial charge in [-0.25, -0.2) is 4.79 Å². The van der Waals surface area contributed by atoms with Crippen molar-refractivity contribution in [3.63, 3.8) is 0 Å². The Bertz CT molecular complexity index is 385. The first-order valence-corrected chi connectivity index (χ1v) is 5.64. The van der Waals surface area contributed by atoms with Crippen LogP contribution in [0.4, 0.5) is 10.5 Å². The third-order valence-corrected chi connectivity index (χ3v) is 2.91. The molecule has 1 unspecified atom stereocenters. The average Bonchev–Trinajstić information content (AvgIpc) is 2.39. The number of carbonyl (C=O) groups excluding carboxylic acids is 1. The van der Waals surface area contributed by atoms with E-state index in [2.05, 4.69) is 5.32 Å². The van der Waals surface area contributed by atoms with E-state index in [0.29, 0.717) is 0 Å². The number of hydrogen-bond acceptors (Lipinski definition) is 3. The third-order valence-electron chi connectivity index (χ3n) is 2.91. The third kappa shape index (κ3) is 2.75. The van der Waals surface area contributed by atoms with E-state index >= 15 is 0 Å². The number of ether oxygens (including phenoxy) is 1. The molecule has 1 fully saturated rings. The van der Waals surface area contributed by atoms with Crippen LogP contribution in [0.3, 0.4) is 0 Å². The summed E-state index contributed by atoms with van der Waals surface area (Å²) in [5.41, 5.74) is 7.09. The highest BCUT2D eigenvalue weighted by atomic mass is 16.5. The maximum atomic E-state index is 11.0. The number of nitrogens with zero attached hydrogens (tertiary/aromatic N) is 1. The molecule has 92 valence electrons. The summed E-state index contributed by atoms with van der Waals surface area (Å²) in [5.74, 6) is 0. The van der Waals surface area contributed by atoms with E-state index in [1.165, 1.54) is 4.90 Å². The molecule has 2 amide bonds. The van der Waals surface area contributed by atoms with Crippen LogP contribution in [0.2, 0.25) is 0 Å². The van der Waals surface area contributed by atoms with Gasteiger partial charge in [-0.2, -0.15) is 0 Å². The van der Waals surface area contributed by atoms with Gasteiger partial charge in [0.15, 0.2) is 0 Å². The topological polar surface area (TPSA) is 67.6 Å². The Morgan fingerprint density at radius 2 is 2.18 bits per heavy atom. The van der Waals surface area contributed by atoms with E-state index in [1.54, 1.807) is 7.05 Å². The van der Waals surface area contributed by atoms with Crippen LogP contribution in [-0.2, 0) is 4.74 Å². The minimum atomic E-state index is -0.465. The van der Waals surface area contributed by atoms with Crippen LogP contribution in [-0.4, -0.2) is 32.8 Å². The van der Waals surface area contributed by atoms with Gasteiger partial charge in [-0.05, 0) is 17.7 Å². The molecule has 5 heteroatoms. The number of amides is 2. The van der Waals surface area contributed by atoms with Crippen molar-refractivity contribution in [3.05, 3.63) is 29.8 Å². The Morgan fingerprint density at radius 1 is 1.47 bits per heavy atom. The maximum absolute atomic E-state index is 11.0. The fraction of sp³-hybridized carbons (Fsp3) is 0.417. The largest absolute Gasteiger partial charge is 0.371 e. The Morgan fingerprint density at radius 3 is 2.71 bits per heavy atom. The predicted octanol–water partition coefficient (Wildman–Crippen LogP) is 0.862. The zero-order chi connectivity index (χ0) is 12.3. The second-order valence-corrected chi connectivity index (χ2v) is 4.05. The van der Waals surface area contributed by atoms with E-state index in [0.717, 1.165) is 30.9 Å². The lowest BCUT2D eigenvalue weighted by Crippen LogP contribution is -2.33. The van der Waals surface area contributed by atoms with Crippen molar-refractivity contribution in [1.82, 2.24) is 5.32 Å². The smallest absolute Gasteiger partial charge is 0.318 e. The van der Waals surface area contributed by atoms with Gasteiger partial charge < -0.3 is 15.8 Å². The minimum Gasteiger partial charge on any atom is -0.371 e. The number of anilines is 1. The summed E-state index contributed by atoms with van der Waals surface area (Å²) in [6.07, 6.45) is 0.0942. The number of rotatable bonds is 2. The van der Waals surface area contributed by atoms with Crippen molar-refractivity contribution in [2.24, 2.45) is 5.73 Å². The van der Waals surface area contributed by atoms with E-state index in [4.69, 9.17) is 10.5 Å². The number of urea groups is 1. The van der Waals surface area contributed by atoms with E-state index in [-0.39, 0.29) is 6.10 Å². The number of nitrogens with one attached hydrogen (secondary N) is 1. The molecule has 17 heavy (non-hydrogen) atoms. The monoisotopic (exact) mass is 235 g/mol. The van der Waals surface area contributed by atoms with Gasteiger partial charge >= 0.3 is 6.03 Å². The zero-order valence-electron chi connectivity index (χ0n) is 9.85. The molecule has 1 atom stereocenters. The molecule has 0 aliphatic carbocycles. The van der Waals surface area contributed by atoms with Crippen molar-refractivity contribution in [2.45, 2.75) is 6.10 Å². The van der Waals surface area contributed by atoms with E-state index < -0.39 is 6.03 Å². The maximum Gasteiger partial charge on any atom is 0.318 e. The molecule has 0 saturated carbocycles. The average molecular weight is 235 g/mol. The van der Waals surface area contributed by atoms with Crippen LogP contribution in [0, 0.1) is 0 Å². The van der Waals surface area contributed by atoms with Gasteiger partial charge in [0.25, 0.3) is 0 Å². The molecule has 0 spiro atoms. The lowest BCUT2D eigenvalue weighted by molar-refractivity contribution is 0.0277. The highest BCUT2D eigenvalue weighted by Crippen LogP contribution is 2.21. The molecule has 0 aromatic heterocycles. The van der Waals surface area contributed by atoms with Crippen molar-refractivity contribution in [1.29, 1.82) is 0 Å². The number of morpholine rings is 1. The van der Waals surface area contributed by atoms with Crippen molar-refractivity contribution in [2.75, 3.05) is 31.6 Å². The highest BCUT2D eigenvalue weighted by Gasteiger charge is 2.15. The first kappa shape index (κ1) is 11.9. The summed E-state index contributed by atoms with van der Waals surface area (Å²) in [6.45, 7) is 2.46. The molecule has 0 bridgehead atoms. The summed E-state index contributed by atoms with van der Waals surface area (Å²) in [6, 6.07) is 7.21. The summed E-state index contributed by atoms with van der Waals surface area (Å²) in [7, 11) is 1.65. The number of carbonyl (C=O) groups is 1. The molecule has 3 N–H and O–H groups in total. The number of benzene rings is 1. The van der Waals surface area contributed by atoms with Crippen molar-refractivity contribution < 1.29 is 9.53 Å². The van der Waals surface area contributed by atoms with Crippen LogP contribution in [0.25, 0.3) is 0 Å². The Kier molecular flexibility index (Phi) is 3.61. The first-order valence-electron chi connectivity index (χ1n) is 5.64. The summed E-state index contributed by atoms with van der Waals surface area (Å²) in [4.78, 5) is 12.4. The number of primary amides is 1. The lowest BCUT2D eigenvalue weighted by atomic mass is 10.1. The Balaban J connectivity index is 2.09. The molecule has 1 aromatic rings. The summed E-state index contributed by atoms with van der Waals surface area (Å²) < 4.78 is 5.64. The van der Waals surface area contributed by atoms with Crippen molar-refractivity contribution in [3.8, 4) is 0 Å². The van der Waals surface area contributed by atoms with Gasteiger partial charge in [0.2, 0.25) is 0 Å². The molecule has 1 saturated heterocycles. The Hall–Kier alpha value is -1.59. The molecule has 5 nitrogen and oxygen atoms in total. The molecule has 1 aromatic carbocycles. The molecule has 0 radical (unpaired) electrons. The normalized spacial score (nSPS) is 19.9. The van der Waals surface area contributed by atoms with Gasteiger partial charge in [-0.15, -0.1) is 0 Å². The first-order chi connectivity index (χ1) is 8.18. The number of nitrogens with two attached hydrogens (primary N) is 1. The SMILES string of the molecule is CN(C(N)=O)c1ccc(C2CNCCO2)cc1. The van der Waals surface area contributed by atoms with Crippen LogP contribution in [0.5, 0.6) is 0 Å². The highest BCUT2D eigenvalue weighted by molar-refractivity contribution is 5.89. The molecule has 2 rings (SSSR count). The number of hydrogen-bond donors (Lipinski definition) is 2. The fourth-order valence-electron chi connectivity index (χ4n) is 1.82. The van der Waals surface area contributed by atoms with E-state index in [1.807, 2.05) is 24.3 Å². The molecule has 1 aliphatic heterocycles.